The van der Waals surface area contributed by atoms with E-state index in [-0.39, 0.29) is 11.5 Å². The molecule has 4 nitrogen and oxygen atoms in total. The summed E-state index contributed by atoms with van der Waals surface area (Å²) in [4.78, 5) is 0. The Morgan fingerprint density at radius 3 is 2.69 bits per heavy atom. The van der Waals surface area contributed by atoms with E-state index in [0.29, 0.717) is 5.69 Å². The van der Waals surface area contributed by atoms with Crippen LogP contribution < -0.4 is 5.32 Å². The first-order chi connectivity index (χ1) is 7.46. The van der Waals surface area contributed by atoms with Crippen molar-refractivity contribution in [2.24, 2.45) is 0 Å². The lowest BCUT2D eigenvalue weighted by molar-refractivity contribution is 0.190. The van der Waals surface area contributed by atoms with Crippen LogP contribution in [0.2, 0.25) is 0 Å². The molecule has 2 atom stereocenters. The van der Waals surface area contributed by atoms with Gasteiger partial charge in [0.05, 0.1) is 23.7 Å². The Hall–Kier alpha value is -1.14. The molecule has 1 aliphatic heterocycles. The third-order valence-electron chi connectivity index (χ3n) is 2.50. The topological polar surface area (TPSA) is 66.4 Å². The third-order valence-corrected chi connectivity index (χ3v) is 4.22. The molecule has 1 aromatic carbocycles. The molecule has 0 bridgehead atoms. The second-order valence-corrected chi connectivity index (χ2v) is 6.06. The van der Waals surface area contributed by atoms with E-state index in [1.54, 1.807) is 6.07 Å². The monoisotopic (exact) mass is 245 g/mol. The molecule has 0 saturated carbocycles. The van der Waals surface area contributed by atoms with Crippen LogP contribution >= 0.6 is 0 Å². The Balaban J connectivity index is 2.11. The zero-order chi connectivity index (χ0) is 11.8. The number of benzene rings is 1. The lowest BCUT2D eigenvalue weighted by Crippen LogP contribution is -2.31. The van der Waals surface area contributed by atoms with Gasteiger partial charge in [-0.15, -0.1) is 0 Å². The SMILES string of the molecule is O=S1(=O)C[C@@H](O)[C@H](Nc2cccc(F)c2)C1. The average molecular weight is 245 g/mol. The summed E-state index contributed by atoms with van der Waals surface area (Å²) in [5, 5.41) is 12.3. The van der Waals surface area contributed by atoms with Gasteiger partial charge in [0.15, 0.2) is 9.84 Å². The van der Waals surface area contributed by atoms with Crippen LogP contribution in [0, 0.1) is 5.82 Å². The van der Waals surface area contributed by atoms with Crippen LogP contribution in [-0.2, 0) is 9.84 Å². The van der Waals surface area contributed by atoms with Crippen molar-refractivity contribution in [1.29, 1.82) is 0 Å². The van der Waals surface area contributed by atoms with E-state index < -0.39 is 27.8 Å². The fourth-order valence-electron chi connectivity index (χ4n) is 1.76. The van der Waals surface area contributed by atoms with E-state index in [0.717, 1.165) is 0 Å². The van der Waals surface area contributed by atoms with E-state index in [4.69, 9.17) is 0 Å². The first-order valence-electron chi connectivity index (χ1n) is 4.87. The average Bonchev–Trinajstić information content (AvgIpc) is 2.39. The van der Waals surface area contributed by atoms with E-state index in [1.165, 1.54) is 18.2 Å². The maximum absolute atomic E-state index is 12.9. The van der Waals surface area contributed by atoms with Gasteiger partial charge in [0.1, 0.15) is 5.82 Å². The predicted octanol–water partition coefficient (Wildman–Crippen LogP) is 0.395. The summed E-state index contributed by atoms with van der Waals surface area (Å²) in [6.07, 6.45) is -0.937. The first-order valence-corrected chi connectivity index (χ1v) is 6.69. The van der Waals surface area contributed by atoms with E-state index in [9.17, 15) is 17.9 Å². The Morgan fingerprint density at radius 1 is 1.38 bits per heavy atom. The molecular weight excluding hydrogens is 233 g/mol. The lowest BCUT2D eigenvalue weighted by atomic mass is 10.2. The molecule has 0 aromatic heterocycles. The summed E-state index contributed by atoms with van der Waals surface area (Å²) in [5.74, 6) is -0.759. The lowest BCUT2D eigenvalue weighted by Gasteiger charge is -2.16. The summed E-state index contributed by atoms with van der Waals surface area (Å²) in [6.45, 7) is 0. The van der Waals surface area contributed by atoms with Crippen LogP contribution in [0.15, 0.2) is 24.3 Å². The van der Waals surface area contributed by atoms with Crippen molar-refractivity contribution < 1.29 is 17.9 Å². The van der Waals surface area contributed by atoms with Gasteiger partial charge in [-0.2, -0.15) is 0 Å². The Labute approximate surface area is 93.0 Å². The Bertz CT molecular complexity index is 489. The number of halogens is 1. The molecule has 1 fully saturated rings. The highest BCUT2D eigenvalue weighted by atomic mass is 32.2. The highest BCUT2D eigenvalue weighted by Gasteiger charge is 2.36. The molecule has 1 aromatic rings. The maximum atomic E-state index is 12.9. The second-order valence-electron chi connectivity index (χ2n) is 3.91. The minimum atomic E-state index is -3.18. The van der Waals surface area contributed by atoms with Crippen molar-refractivity contribution in [2.45, 2.75) is 12.1 Å². The van der Waals surface area contributed by atoms with Crippen molar-refractivity contribution in [3.8, 4) is 0 Å². The van der Waals surface area contributed by atoms with Crippen molar-refractivity contribution >= 4 is 15.5 Å². The number of hydrogen-bond donors (Lipinski definition) is 2. The highest BCUT2D eigenvalue weighted by molar-refractivity contribution is 7.91. The van der Waals surface area contributed by atoms with Crippen molar-refractivity contribution in [1.82, 2.24) is 0 Å². The smallest absolute Gasteiger partial charge is 0.155 e. The van der Waals surface area contributed by atoms with Gasteiger partial charge in [-0.1, -0.05) is 6.07 Å². The summed E-state index contributed by atoms with van der Waals surface area (Å²) in [7, 11) is -3.18. The van der Waals surface area contributed by atoms with Gasteiger partial charge < -0.3 is 10.4 Å². The van der Waals surface area contributed by atoms with Crippen LogP contribution in [0.25, 0.3) is 0 Å². The van der Waals surface area contributed by atoms with Crippen LogP contribution in [0.3, 0.4) is 0 Å². The molecule has 88 valence electrons. The number of nitrogens with one attached hydrogen (secondary N) is 1. The van der Waals surface area contributed by atoms with Gasteiger partial charge in [-0.05, 0) is 18.2 Å². The van der Waals surface area contributed by atoms with Crippen molar-refractivity contribution in [3.05, 3.63) is 30.1 Å². The highest BCUT2D eigenvalue weighted by Crippen LogP contribution is 2.18. The van der Waals surface area contributed by atoms with Gasteiger partial charge in [0.25, 0.3) is 0 Å². The maximum Gasteiger partial charge on any atom is 0.155 e. The molecule has 2 N–H and O–H groups in total. The molecule has 0 unspecified atom stereocenters. The Morgan fingerprint density at radius 2 is 2.12 bits per heavy atom. The van der Waals surface area contributed by atoms with E-state index >= 15 is 0 Å². The van der Waals surface area contributed by atoms with Crippen LogP contribution in [0.4, 0.5) is 10.1 Å². The first kappa shape index (κ1) is 11.3. The largest absolute Gasteiger partial charge is 0.390 e. The molecule has 16 heavy (non-hydrogen) atoms. The van der Waals surface area contributed by atoms with Crippen molar-refractivity contribution in [2.75, 3.05) is 16.8 Å². The molecule has 0 spiro atoms. The predicted molar refractivity (Wildman–Crippen MR) is 58.5 cm³/mol. The number of hydrogen-bond acceptors (Lipinski definition) is 4. The zero-order valence-electron chi connectivity index (χ0n) is 8.43. The van der Waals surface area contributed by atoms with Gasteiger partial charge in [-0.25, -0.2) is 12.8 Å². The summed E-state index contributed by atoms with van der Waals surface area (Å²) >= 11 is 0. The van der Waals surface area contributed by atoms with Crippen molar-refractivity contribution in [3.63, 3.8) is 0 Å². The van der Waals surface area contributed by atoms with Crippen LogP contribution in [0.1, 0.15) is 0 Å². The third kappa shape index (κ3) is 2.51. The molecule has 6 heteroatoms. The normalized spacial score (nSPS) is 27.9. The molecular formula is C10H12FNO3S. The number of aliphatic hydroxyl groups excluding tert-OH is 1. The molecule has 0 amide bonds. The van der Waals surface area contributed by atoms with Crippen LogP contribution in [0.5, 0.6) is 0 Å². The molecule has 0 aliphatic carbocycles. The number of anilines is 1. The van der Waals surface area contributed by atoms with Crippen LogP contribution in [-0.4, -0.2) is 37.2 Å². The molecule has 0 radical (unpaired) electrons. The molecule has 1 aliphatic rings. The minimum absolute atomic E-state index is 0.120. The molecule has 2 rings (SSSR count). The van der Waals surface area contributed by atoms with Gasteiger partial charge in [-0.3, -0.25) is 0 Å². The fourth-order valence-corrected chi connectivity index (χ4v) is 3.50. The quantitative estimate of drug-likeness (QED) is 0.791. The fraction of sp³-hybridized carbons (Fsp3) is 0.400. The molecule has 1 heterocycles. The summed E-state index contributed by atoms with van der Waals surface area (Å²) in [6, 6.07) is 5.14. The standard InChI is InChI=1S/C10H12FNO3S/c11-7-2-1-3-8(4-7)12-9-5-16(14,15)6-10(9)13/h1-4,9-10,12-13H,5-6H2/t9-,10-/m1/s1. The summed E-state index contributed by atoms with van der Waals surface area (Å²) < 4.78 is 35.3. The van der Waals surface area contributed by atoms with Gasteiger partial charge >= 0.3 is 0 Å². The van der Waals surface area contributed by atoms with Gasteiger partial charge in [0, 0.05) is 5.69 Å². The summed E-state index contributed by atoms with van der Waals surface area (Å²) in [5.41, 5.74) is 0.473. The van der Waals surface area contributed by atoms with Gasteiger partial charge in [0.2, 0.25) is 0 Å². The van der Waals surface area contributed by atoms with E-state index in [1.807, 2.05) is 0 Å². The second kappa shape index (κ2) is 4.03. The number of sulfone groups is 1. The number of aliphatic hydroxyl groups is 1. The molecule has 1 saturated heterocycles. The zero-order valence-corrected chi connectivity index (χ0v) is 9.24. The number of rotatable bonds is 2. The van der Waals surface area contributed by atoms with E-state index in [2.05, 4.69) is 5.32 Å². The minimum Gasteiger partial charge on any atom is -0.390 e. The Kier molecular flexibility index (Phi) is 2.86.